The molecule has 0 bridgehead atoms. The molecule has 0 fully saturated rings. The average Bonchev–Trinajstić information content (AvgIpc) is 2.28. The number of halogens is 2. The first kappa shape index (κ1) is 13.6. The SMILES string of the molecule is CCNC(CCOC)c1cccc(Br)c1F. The van der Waals surface area contributed by atoms with Gasteiger partial charge in [-0.05, 0) is 35.0 Å². The van der Waals surface area contributed by atoms with Crippen LogP contribution in [0.1, 0.15) is 24.9 Å². The number of benzene rings is 1. The molecule has 2 nitrogen and oxygen atoms in total. The topological polar surface area (TPSA) is 21.3 Å². The average molecular weight is 290 g/mol. The Balaban J connectivity index is 2.86. The highest BCUT2D eigenvalue weighted by Gasteiger charge is 2.15. The largest absolute Gasteiger partial charge is 0.385 e. The van der Waals surface area contributed by atoms with Gasteiger partial charge >= 0.3 is 0 Å². The minimum atomic E-state index is -0.190. The van der Waals surface area contributed by atoms with Crippen LogP contribution in [0.5, 0.6) is 0 Å². The summed E-state index contributed by atoms with van der Waals surface area (Å²) in [5.74, 6) is -0.190. The van der Waals surface area contributed by atoms with Crippen LogP contribution in [0.15, 0.2) is 22.7 Å². The third kappa shape index (κ3) is 3.54. The van der Waals surface area contributed by atoms with Crippen LogP contribution in [0.25, 0.3) is 0 Å². The molecule has 16 heavy (non-hydrogen) atoms. The highest BCUT2D eigenvalue weighted by molar-refractivity contribution is 9.10. The highest BCUT2D eigenvalue weighted by atomic mass is 79.9. The van der Waals surface area contributed by atoms with Crippen molar-refractivity contribution in [2.75, 3.05) is 20.3 Å². The van der Waals surface area contributed by atoms with Gasteiger partial charge < -0.3 is 10.1 Å². The lowest BCUT2D eigenvalue weighted by atomic mass is 10.0. The molecule has 4 heteroatoms. The van der Waals surface area contributed by atoms with E-state index in [1.807, 2.05) is 19.1 Å². The Bertz CT molecular complexity index is 333. The Hall–Kier alpha value is -0.450. The van der Waals surface area contributed by atoms with Crippen LogP contribution >= 0.6 is 15.9 Å². The first-order chi connectivity index (χ1) is 7.70. The molecular formula is C12H17BrFNO. The van der Waals surface area contributed by atoms with E-state index in [0.29, 0.717) is 16.6 Å². The fraction of sp³-hybridized carbons (Fsp3) is 0.500. The van der Waals surface area contributed by atoms with Crippen molar-refractivity contribution < 1.29 is 9.13 Å². The van der Waals surface area contributed by atoms with Gasteiger partial charge in [0.25, 0.3) is 0 Å². The summed E-state index contributed by atoms with van der Waals surface area (Å²) in [5, 5.41) is 3.26. The highest BCUT2D eigenvalue weighted by Crippen LogP contribution is 2.25. The summed E-state index contributed by atoms with van der Waals surface area (Å²) in [4.78, 5) is 0. The van der Waals surface area contributed by atoms with Gasteiger partial charge in [-0.2, -0.15) is 0 Å². The number of nitrogens with one attached hydrogen (secondary N) is 1. The summed E-state index contributed by atoms with van der Waals surface area (Å²) in [6.45, 7) is 3.43. The molecule has 0 amide bonds. The molecule has 0 aliphatic carbocycles. The fourth-order valence-electron chi connectivity index (χ4n) is 1.64. The molecule has 1 N–H and O–H groups in total. The van der Waals surface area contributed by atoms with Crippen molar-refractivity contribution in [2.24, 2.45) is 0 Å². The van der Waals surface area contributed by atoms with E-state index in [4.69, 9.17) is 4.74 Å². The van der Waals surface area contributed by atoms with E-state index in [1.165, 1.54) is 0 Å². The summed E-state index contributed by atoms with van der Waals surface area (Å²) in [6.07, 6.45) is 0.762. The lowest BCUT2D eigenvalue weighted by Crippen LogP contribution is -2.23. The van der Waals surface area contributed by atoms with Gasteiger partial charge in [-0.3, -0.25) is 0 Å². The van der Waals surface area contributed by atoms with Crippen LogP contribution in [-0.2, 0) is 4.74 Å². The second-order valence-corrected chi connectivity index (χ2v) is 4.39. The molecule has 1 aromatic carbocycles. The molecule has 1 unspecified atom stereocenters. The van der Waals surface area contributed by atoms with E-state index < -0.39 is 0 Å². The van der Waals surface area contributed by atoms with Crippen molar-refractivity contribution >= 4 is 15.9 Å². The van der Waals surface area contributed by atoms with Crippen molar-refractivity contribution in [3.05, 3.63) is 34.1 Å². The Morgan fingerprint density at radius 1 is 1.50 bits per heavy atom. The smallest absolute Gasteiger partial charge is 0.142 e. The summed E-state index contributed by atoms with van der Waals surface area (Å²) < 4.78 is 19.4. The summed E-state index contributed by atoms with van der Waals surface area (Å²) >= 11 is 3.20. The van der Waals surface area contributed by atoms with Gasteiger partial charge in [0.05, 0.1) is 4.47 Å². The molecule has 0 heterocycles. The molecule has 1 atom stereocenters. The molecule has 1 rings (SSSR count). The van der Waals surface area contributed by atoms with Crippen LogP contribution in [-0.4, -0.2) is 20.3 Å². The van der Waals surface area contributed by atoms with Crippen molar-refractivity contribution in [3.63, 3.8) is 0 Å². The predicted octanol–water partition coefficient (Wildman–Crippen LogP) is 3.28. The van der Waals surface area contributed by atoms with E-state index >= 15 is 0 Å². The van der Waals surface area contributed by atoms with Crippen molar-refractivity contribution in [1.29, 1.82) is 0 Å². The lowest BCUT2D eigenvalue weighted by molar-refractivity contribution is 0.182. The lowest BCUT2D eigenvalue weighted by Gasteiger charge is -2.19. The zero-order chi connectivity index (χ0) is 12.0. The van der Waals surface area contributed by atoms with Gasteiger partial charge in [-0.15, -0.1) is 0 Å². The Morgan fingerprint density at radius 3 is 2.88 bits per heavy atom. The van der Waals surface area contributed by atoms with Crippen LogP contribution in [0.4, 0.5) is 4.39 Å². The molecule has 0 aromatic heterocycles. The molecule has 0 aliphatic heterocycles. The monoisotopic (exact) mass is 289 g/mol. The maximum atomic E-state index is 13.9. The molecule has 0 radical (unpaired) electrons. The molecule has 0 saturated heterocycles. The Morgan fingerprint density at radius 2 is 2.25 bits per heavy atom. The van der Waals surface area contributed by atoms with E-state index in [2.05, 4.69) is 21.2 Å². The maximum absolute atomic E-state index is 13.9. The van der Waals surface area contributed by atoms with Crippen molar-refractivity contribution in [2.45, 2.75) is 19.4 Å². The second-order valence-electron chi connectivity index (χ2n) is 3.53. The van der Waals surface area contributed by atoms with Crippen molar-refractivity contribution in [3.8, 4) is 0 Å². The van der Waals surface area contributed by atoms with Gasteiger partial charge in [0.2, 0.25) is 0 Å². The van der Waals surface area contributed by atoms with Crippen LogP contribution in [0.2, 0.25) is 0 Å². The minimum Gasteiger partial charge on any atom is -0.385 e. The summed E-state index contributed by atoms with van der Waals surface area (Å²) in [7, 11) is 1.65. The van der Waals surface area contributed by atoms with Gasteiger partial charge in [-0.25, -0.2) is 4.39 Å². The predicted molar refractivity (Wildman–Crippen MR) is 67.0 cm³/mol. The first-order valence-electron chi connectivity index (χ1n) is 5.37. The number of rotatable bonds is 6. The van der Waals surface area contributed by atoms with E-state index in [9.17, 15) is 4.39 Å². The number of hydrogen-bond acceptors (Lipinski definition) is 2. The standard InChI is InChI=1S/C12H17BrFNO/c1-3-15-11(7-8-16-2)9-5-4-6-10(13)12(9)14/h4-6,11,15H,3,7-8H2,1-2H3. The minimum absolute atomic E-state index is 0.00227. The number of ether oxygens (including phenoxy) is 1. The van der Waals surface area contributed by atoms with Gasteiger partial charge in [0.1, 0.15) is 5.82 Å². The van der Waals surface area contributed by atoms with E-state index in [1.54, 1.807) is 13.2 Å². The quantitative estimate of drug-likeness (QED) is 0.868. The zero-order valence-electron chi connectivity index (χ0n) is 9.59. The van der Waals surface area contributed by atoms with Crippen molar-refractivity contribution in [1.82, 2.24) is 5.32 Å². The molecule has 90 valence electrons. The van der Waals surface area contributed by atoms with Crippen LogP contribution < -0.4 is 5.32 Å². The summed E-state index contributed by atoms with van der Waals surface area (Å²) in [6, 6.07) is 5.36. The molecule has 0 saturated carbocycles. The molecule has 0 aliphatic rings. The van der Waals surface area contributed by atoms with Gasteiger partial charge in [0, 0.05) is 25.3 Å². The van der Waals surface area contributed by atoms with E-state index in [-0.39, 0.29) is 11.9 Å². The number of methoxy groups -OCH3 is 1. The van der Waals surface area contributed by atoms with Gasteiger partial charge in [0.15, 0.2) is 0 Å². The van der Waals surface area contributed by atoms with Crippen LogP contribution in [0, 0.1) is 5.82 Å². The molecular weight excluding hydrogens is 273 g/mol. The third-order valence-electron chi connectivity index (χ3n) is 2.42. The van der Waals surface area contributed by atoms with Crippen LogP contribution in [0.3, 0.4) is 0 Å². The normalized spacial score (nSPS) is 12.8. The van der Waals surface area contributed by atoms with Gasteiger partial charge in [-0.1, -0.05) is 19.1 Å². The second kappa shape index (κ2) is 6.99. The van der Waals surface area contributed by atoms with E-state index in [0.717, 1.165) is 13.0 Å². The number of hydrogen-bond donors (Lipinski definition) is 1. The Labute approximate surface area is 104 Å². The summed E-state index contributed by atoms with van der Waals surface area (Å²) in [5.41, 5.74) is 0.688. The third-order valence-corrected chi connectivity index (χ3v) is 3.03. The Kier molecular flexibility index (Phi) is 5.95. The fourth-order valence-corrected chi connectivity index (χ4v) is 2.02. The molecule has 0 spiro atoms. The maximum Gasteiger partial charge on any atom is 0.142 e. The zero-order valence-corrected chi connectivity index (χ0v) is 11.2. The first-order valence-corrected chi connectivity index (χ1v) is 6.16. The molecule has 1 aromatic rings.